The Bertz CT molecular complexity index is 1230. The number of carbonyl (C=O) groups is 5. The molecule has 2 aliphatic heterocycles. The lowest BCUT2D eigenvalue weighted by Gasteiger charge is -2.29. The Morgan fingerprint density at radius 1 is 1.09 bits per heavy atom. The lowest BCUT2D eigenvalue weighted by atomic mass is 9.96. The van der Waals surface area contributed by atoms with E-state index in [-0.39, 0.29) is 36.7 Å². The number of Topliss-reactive ketones (excluding diaryl/α,β-unsaturated/α-hetero) is 1. The zero-order valence-corrected chi connectivity index (χ0v) is 18.8. The van der Waals surface area contributed by atoms with Crippen LogP contribution in [0, 0.1) is 0 Å². The van der Waals surface area contributed by atoms with Gasteiger partial charge in [-0.1, -0.05) is 43.3 Å². The number of benzene rings is 2. The van der Waals surface area contributed by atoms with Gasteiger partial charge in [-0.2, -0.15) is 0 Å². The molecule has 34 heavy (non-hydrogen) atoms. The predicted octanol–water partition coefficient (Wildman–Crippen LogP) is 2.00. The van der Waals surface area contributed by atoms with Crippen LogP contribution in [0.1, 0.15) is 70.0 Å². The molecule has 2 aromatic rings. The van der Waals surface area contributed by atoms with Crippen LogP contribution in [0.15, 0.2) is 42.5 Å². The highest BCUT2D eigenvalue weighted by Crippen LogP contribution is 2.47. The summed E-state index contributed by atoms with van der Waals surface area (Å²) in [5, 5.41) is 4.94. The second-order valence-electron chi connectivity index (χ2n) is 9.54. The summed E-state index contributed by atoms with van der Waals surface area (Å²) in [5.41, 5.74) is 3.73. The van der Waals surface area contributed by atoms with Gasteiger partial charge in [0, 0.05) is 30.6 Å². The Hall–Kier alpha value is -3.81. The minimum atomic E-state index is -0.688. The van der Waals surface area contributed by atoms with Crippen molar-refractivity contribution in [1.82, 2.24) is 15.5 Å². The quantitative estimate of drug-likeness (QED) is 0.390. The largest absolute Gasteiger partial charge is 0.345 e. The number of carbonyl (C=O) groups excluding carboxylic acids is 5. The van der Waals surface area contributed by atoms with Crippen molar-refractivity contribution in [1.29, 1.82) is 0 Å². The van der Waals surface area contributed by atoms with Gasteiger partial charge in [-0.15, -0.1) is 0 Å². The van der Waals surface area contributed by atoms with Crippen LogP contribution >= 0.6 is 0 Å². The third kappa shape index (κ3) is 4.00. The molecule has 3 aliphatic rings. The maximum absolute atomic E-state index is 12.8. The monoisotopic (exact) mass is 459 g/mol. The number of rotatable bonds is 6. The third-order valence-corrected chi connectivity index (χ3v) is 7.09. The second kappa shape index (κ2) is 8.20. The van der Waals surface area contributed by atoms with E-state index in [0.717, 1.165) is 24.0 Å². The van der Waals surface area contributed by atoms with E-state index >= 15 is 0 Å². The second-order valence-corrected chi connectivity index (χ2v) is 9.54. The summed E-state index contributed by atoms with van der Waals surface area (Å²) in [4.78, 5) is 62.8. The van der Waals surface area contributed by atoms with E-state index in [0.29, 0.717) is 17.5 Å². The molecule has 0 bridgehead atoms. The molecule has 0 spiro atoms. The summed E-state index contributed by atoms with van der Waals surface area (Å²) < 4.78 is 0. The molecule has 4 amide bonds. The normalized spacial score (nSPS) is 20.6. The van der Waals surface area contributed by atoms with Gasteiger partial charge in [-0.3, -0.25) is 29.3 Å². The van der Waals surface area contributed by atoms with Crippen LogP contribution in [0.25, 0.3) is 0 Å². The molecule has 2 heterocycles. The zero-order valence-electron chi connectivity index (χ0n) is 18.8. The van der Waals surface area contributed by atoms with Gasteiger partial charge in [0.15, 0.2) is 0 Å². The Morgan fingerprint density at radius 3 is 2.50 bits per heavy atom. The van der Waals surface area contributed by atoms with Crippen LogP contribution in [-0.4, -0.2) is 40.4 Å². The molecule has 8 heteroatoms. The SMILES string of the molecule is CC1(c2ccc(C(=O)C(=O)NCc3ccc4c(c3)CN(C3CCC(=O)NC3=O)C4=O)cc2)CC1. The Balaban J connectivity index is 1.21. The number of piperidine rings is 1. The van der Waals surface area contributed by atoms with E-state index in [1.54, 1.807) is 30.3 Å². The number of hydrogen-bond acceptors (Lipinski definition) is 5. The van der Waals surface area contributed by atoms with Gasteiger partial charge in [-0.25, -0.2) is 0 Å². The van der Waals surface area contributed by atoms with Crippen molar-refractivity contribution >= 4 is 29.4 Å². The van der Waals surface area contributed by atoms with Crippen molar-refractivity contribution in [2.24, 2.45) is 0 Å². The van der Waals surface area contributed by atoms with Crippen LogP contribution in [0.2, 0.25) is 0 Å². The van der Waals surface area contributed by atoms with Crippen LogP contribution in [0.3, 0.4) is 0 Å². The van der Waals surface area contributed by atoms with E-state index in [2.05, 4.69) is 17.6 Å². The van der Waals surface area contributed by atoms with E-state index in [1.807, 2.05) is 12.1 Å². The Labute approximate surface area is 196 Å². The fourth-order valence-electron chi connectivity index (χ4n) is 4.63. The van der Waals surface area contributed by atoms with E-state index in [9.17, 15) is 24.0 Å². The molecule has 1 atom stereocenters. The predicted molar refractivity (Wildman–Crippen MR) is 122 cm³/mol. The van der Waals surface area contributed by atoms with Gasteiger partial charge in [-0.05, 0) is 47.4 Å². The van der Waals surface area contributed by atoms with E-state index in [1.165, 1.54) is 10.5 Å². The van der Waals surface area contributed by atoms with Crippen molar-refractivity contribution in [3.63, 3.8) is 0 Å². The van der Waals surface area contributed by atoms with Gasteiger partial charge in [0.1, 0.15) is 6.04 Å². The summed E-state index contributed by atoms with van der Waals surface area (Å²) >= 11 is 0. The fraction of sp³-hybridized carbons (Fsp3) is 0.346. The molecule has 1 saturated carbocycles. The average Bonchev–Trinajstić information content (AvgIpc) is 3.51. The fourth-order valence-corrected chi connectivity index (χ4v) is 4.63. The van der Waals surface area contributed by atoms with Crippen LogP contribution in [0.5, 0.6) is 0 Å². The molecule has 1 unspecified atom stereocenters. The number of hydrogen-bond donors (Lipinski definition) is 2. The minimum absolute atomic E-state index is 0.139. The van der Waals surface area contributed by atoms with Crippen LogP contribution < -0.4 is 10.6 Å². The van der Waals surface area contributed by atoms with Gasteiger partial charge >= 0.3 is 0 Å². The number of amides is 4. The summed E-state index contributed by atoms with van der Waals surface area (Å²) in [5.74, 6) is -2.31. The summed E-state index contributed by atoms with van der Waals surface area (Å²) in [6.45, 7) is 2.58. The first-order valence-corrected chi connectivity index (χ1v) is 11.4. The topological polar surface area (TPSA) is 113 Å². The lowest BCUT2D eigenvalue weighted by Crippen LogP contribution is -2.52. The number of nitrogens with zero attached hydrogens (tertiary/aromatic N) is 1. The first kappa shape index (κ1) is 22.0. The number of imide groups is 1. The third-order valence-electron chi connectivity index (χ3n) is 7.09. The molecule has 0 aromatic heterocycles. The molecular weight excluding hydrogens is 434 g/mol. The molecule has 8 nitrogen and oxygen atoms in total. The molecule has 1 saturated heterocycles. The standard InChI is InChI=1S/C26H25N3O5/c1-26(10-11-26)18-5-3-16(4-6-18)22(31)24(33)27-13-15-2-7-19-17(12-15)14-29(25(19)34)20-8-9-21(30)28-23(20)32/h2-7,12,20H,8-11,13-14H2,1H3,(H,27,33)(H,28,30,32). The number of ketones is 1. The molecule has 5 rings (SSSR count). The molecule has 174 valence electrons. The van der Waals surface area contributed by atoms with Crippen molar-refractivity contribution in [2.75, 3.05) is 0 Å². The Kier molecular flexibility index (Phi) is 5.31. The number of fused-ring (bicyclic) bond motifs is 1. The van der Waals surface area contributed by atoms with Gasteiger partial charge < -0.3 is 10.2 Å². The molecular formula is C26H25N3O5. The maximum atomic E-state index is 12.8. The van der Waals surface area contributed by atoms with Crippen molar-refractivity contribution < 1.29 is 24.0 Å². The number of nitrogens with one attached hydrogen (secondary N) is 2. The van der Waals surface area contributed by atoms with Crippen molar-refractivity contribution in [2.45, 2.75) is 57.2 Å². The highest BCUT2D eigenvalue weighted by Gasteiger charge is 2.40. The van der Waals surface area contributed by atoms with Crippen molar-refractivity contribution in [3.05, 3.63) is 70.3 Å². The van der Waals surface area contributed by atoms with E-state index < -0.39 is 23.6 Å². The van der Waals surface area contributed by atoms with Crippen LogP contribution in [-0.2, 0) is 32.9 Å². The lowest BCUT2D eigenvalue weighted by molar-refractivity contribution is -0.137. The smallest absolute Gasteiger partial charge is 0.292 e. The first-order chi connectivity index (χ1) is 16.2. The molecule has 2 fully saturated rings. The van der Waals surface area contributed by atoms with Gasteiger partial charge in [0.05, 0.1) is 0 Å². The zero-order chi connectivity index (χ0) is 24.0. The highest BCUT2D eigenvalue weighted by molar-refractivity contribution is 6.42. The van der Waals surface area contributed by atoms with Gasteiger partial charge in [0.2, 0.25) is 17.6 Å². The minimum Gasteiger partial charge on any atom is -0.345 e. The summed E-state index contributed by atoms with van der Waals surface area (Å²) in [7, 11) is 0. The maximum Gasteiger partial charge on any atom is 0.292 e. The molecule has 0 radical (unpaired) electrons. The van der Waals surface area contributed by atoms with Crippen molar-refractivity contribution in [3.8, 4) is 0 Å². The summed E-state index contributed by atoms with van der Waals surface area (Å²) in [6.07, 6.45) is 2.77. The molecule has 1 aliphatic carbocycles. The molecule has 2 aromatic carbocycles. The van der Waals surface area contributed by atoms with Crippen LogP contribution in [0.4, 0.5) is 0 Å². The van der Waals surface area contributed by atoms with E-state index in [4.69, 9.17) is 0 Å². The first-order valence-electron chi connectivity index (χ1n) is 11.4. The molecule has 2 N–H and O–H groups in total. The summed E-state index contributed by atoms with van der Waals surface area (Å²) in [6, 6.07) is 11.8. The Morgan fingerprint density at radius 2 is 1.82 bits per heavy atom. The van der Waals surface area contributed by atoms with Gasteiger partial charge in [0.25, 0.3) is 11.8 Å². The highest BCUT2D eigenvalue weighted by atomic mass is 16.2. The average molecular weight is 460 g/mol.